The molecular formula is C22H21ClO6S. The molecule has 1 aliphatic rings. The predicted octanol–water partition coefficient (Wildman–Crippen LogP) is 3.60. The molecule has 8 heteroatoms. The van der Waals surface area contributed by atoms with Crippen molar-refractivity contribution in [3.05, 3.63) is 78.4 Å². The highest BCUT2D eigenvalue weighted by atomic mass is 35.5. The van der Waals surface area contributed by atoms with E-state index in [0.717, 1.165) is 0 Å². The molecule has 0 heterocycles. The van der Waals surface area contributed by atoms with E-state index in [1.807, 2.05) is 0 Å². The van der Waals surface area contributed by atoms with Gasteiger partial charge in [0.2, 0.25) is 9.84 Å². The summed E-state index contributed by atoms with van der Waals surface area (Å²) >= 11 is 6.61. The number of benzene rings is 2. The van der Waals surface area contributed by atoms with Gasteiger partial charge in [-0.15, -0.1) is 0 Å². The molecule has 1 unspecified atom stereocenters. The van der Waals surface area contributed by atoms with Gasteiger partial charge in [0.1, 0.15) is 6.10 Å². The fraction of sp³-hybridized carbons (Fsp3) is 0.273. The van der Waals surface area contributed by atoms with Gasteiger partial charge >= 0.3 is 11.9 Å². The first-order valence-corrected chi connectivity index (χ1v) is 11.2. The van der Waals surface area contributed by atoms with Crippen molar-refractivity contribution in [1.82, 2.24) is 0 Å². The van der Waals surface area contributed by atoms with Crippen molar-refractivity contribution in [2.75, 3.05) is 7.11 Å². The van der Waals surface area contributed by atoms with Crippen LogP contribution in [0.5, 0.6) is 0 Å². The summed E-state index contributed by atoms with van der Waals surface area (Å²) in [5.74, 6) is -2.03. The van der Waals surface area contributed by atoms with Gasteiger partial charge in [-0.1, -0.05) is 66.2 Å². The lowest BCUT2D eigenvalue weighted by Gasteiger charge is -2.29. The van der Waals surface area contributed by atoms with Gasteiger partial charge < -0.3 is 9.47 Å². The lowest BCUT2D eigenvalue weighted by Crippen LogP contribution is -2.42. The molecule has 3 rings (SSSR count). The van der Waals surface area contributed by atoms with E-state index in [4.69, 9.17) is 21.1 Å². The molecule has 0 radical (unpaired) electrons. The third-order valence-electron chi connectivity index (χ3n) is 4.91. The van der Waals surface area contributed by atoms with Crippen LogP contribution < -0.4 is 0 Å². The number of hydrogen-bond acceptors (Lipinski definition) is 6. The summed E-state index contributed by atoms with van der Waals surface area (Å²) in [4.78, 5) is 25.0. The van der Waals surface area contributed by atoms with Crippen molar-refractivity contribution in [1.29, 1.82) is 0 Å². The minimum atomic E-state index is -4.36. The van der Waals surface area contributed by atoms with Crippen LogP contribution in [0.1, 0.15) is 18.4 Å². The smallest absolute Gasteiger partial charge is 0.348 e. The fourth-order valence-electron chi connectivity index (χ4n) is 3.31. The predicted molar refractivity (Wildman–Crippen MR) is 111 cm³/mol. The number of esters is 2. The average molecular weight is 449 g/mol. The van der Waals surface area contributed by atoms with Gasteiger partial charge in [0.15, 0.2) is 0 Å². The number of allylic oxidation sites excluding steroid dienone is 1. The van der Waals surface area contributed by atoms with E-state index in [1.165, 1.54) is 31.4 Å². The molecule has 0 saturated carbocycles. The Kier molecular flexibility index (Phi) is 6.63. The molecule has 0 aliphatic heterocycles. The highest BCUT2D eigenvalue weighted by molar-refractivity contribution is 7.94. The van der Waals surface area contributed by atoms with Gasteiger partial charge in [-0.05, 0) is 30.2 Å². The summed E-state index contributed by atoms with van der Waals surface area (Å²) in [5, 5.41) is 0. The first-order chi connectivity index (χ1) is 14.3. The summed E-state index contributed by atoms with van der Waals surface area (Å²) in [7, 11) is -3.08. The number of rotatable bonds is 6. The molecule has 0 bridgehead atoms. The van der Waals surface area contributed by atoms with Gasteiger partial charge in [0.25, 0.3) is 4.21 Å². The Morgan fingerprint density at radius 2 is 1.63 bits per heavy atom. The molecule has 3 atom stereocenters. The molecule has 0 aromatic heterocycles. The standard InChI is InChI=1S/C22H21ClO6S/c1-28-20(24)16-9-8-12-18(15-16)29-21(25)22(23,17-10-4-2-5-11-17)30(26,27)19-13-6-3-7-14-19/h2-8,10-14,16,18H,9,15H2,1H3/t16-,18+,22?/m1/s1. The number of carbonyl (C=O) groups is 2. The molecule has 0 N–H and O–H groups in total. The van der Waals surface area contributed by atoms with Crippen LogP contribution in [0.4, 0.5) is 0 Å². The maximum absolute atomic E-state index is 13.4. The number of sulfone groups is 1. The average Bonchev–Trinajstić information content (AvgIpc) is 2.79. The van der Waals surface area contributed by atoms with Crippen LogP contribution >= 0.6 is 11.6 Å². The molecule has 0 spiro atoms. The number of ether oxygens (including phenoxy) is 2. The topological polar surface area (TPSA) is 86.7 Å². The quantitative estimate of drug-likeness (QED) is 0.381. The lowest BCUT2D eigenvalue weighted by atomic mass is 9.92. The third kappa shape index (κ3) is 4.13. The van der Waals surface area contributed by atoms with Crippen LogP contribution in [-0.2, 0) is 33.1 Å². The molecule has 6 nitrogen and oxygen atoms in total. The second kappa shape index (κ2) is 9.02. The van der Waals surface area contributed by atoms with Crippen molar-refractivity contribution in [2.24, 2.45) is 5.92 Å². The van der Waals surface area contributed by atoms with E-state index in [9.17, 15) is 18.0 Å². The summed E-state index contributed by atoms with van der Waals surface area (Å²) in [6.07, 6.45) is 3.15. The lowest BCUT2D eigenvalue weighted by molar-refractivity contribution is -0.153. The largest absolute Gasteiger partial charge is 0.469 e. The SMILES string of the molecule is COC(=O)[C@@H]1CC=C[C@H](OC(=O)C(Cl)(c2ccccc2)S(=O)(=O)c2ccccc2)C1. The molecule has 1 aliphatic carbocycles. The highest BCUT2D eigenvalue weighted by Gasteiger charge is 2.53. The van der Waals surface area contributed by atoms with Gasteiger partial charge in [0.05, 0.1) is 17.9 Å². The van der Waals surface area contributed by atoms with Crippen molar-refractivity contribution < 1.29 is 27.5 Å². The maximum Gasteiger partial charge on any atom is 0.348 e. The van der Waals surface area contributed by atoms with Crippen LogP contribution in [0, 0.1) is 5.92 Å². The van der Waals surface area contributed by atoms with E-state index >= 15 is 0 Å². The molecule has 0 fully saturated rings. The molecule has 158 valence electrons. The van der Waals surface area contributed by atoms with Crippen molar-refractivity contribution in [3.63, 3.8) is 0 Å². The van der Waals surface area contributed by atoms with E-state index < -0.39 is 38.0 Å². The van der Waals surface area contributed by atoms with E-state index in [0.29, 0.717) is 6.42 Å². The monoisotopic (exact) mass is 448 g/mol. The Bertz CT molecular complexity index is 1040. The van der Waals surface area contributed by atoms with Crippen LogP contribution in [0.15, 0.2) is 77.7 Å². The van der Waals surface area contributed by atoms with Gasteiger partial charge in [-0.3, -0.25) is 4.79 Å². The number of methoxy groups -OCH3 is 1. The van der Waals surface area contributed by atoms with Crippen LogP contribution in [0.3, 0.4) is 0 Å². The van der Waals surface area contributed by atoms with Crippen LogP contribution in [-0.4, -0.2) is 33.6 Å². The first kappa shape index (κ1) is 22.1. The van der Waals surface area contributed by atoms with Gasteiger partial charge in [-0.25, -0.2) is 13.2 Å². The van der Waals surface area contributed by atoms with Crippen LogP contribution in [0.25, 0.3) is 0 Å². The summed E-state index contributed by atoms with van der Waals surface area (Å²) in [6, 6.07) is 15.3. The normalized spacial score (nSPS) is 20.7. The Balaban J connectivity index is 1.98. The Labute approximate surface area is 180 Å². The third-order valence-corrected chi connectivity index (χ3v) is 7.93. The summed E-state index contributed by atoms with van der Waals surface area (Å²) in [5.41, 5.74) is 0.0739. The van der Waals surface area contributed by atoms with Crippen molar-refractivity contribution >= 4 is 33.4 Å². The first-order valence-electron chi connectivity index (χ1n) is 9.30. The van der Waals surface area contributed by atoms with Gasteiger partial charge in [-0.2, -0.15) is 0 Å². The van der Waals surface area contributed by atoms with Crippen molar-refractivity contribution in [3.8, 4) is 0 Å². The van der Waals surface area contributed by atoms with E-state index in [1.54, 1.807) is 48.6 Å². The Morgan fingerprint density at radius 1 is 1.03 bits per heavy atom. The molecular weight excluding hydrogens is 428 g/mol. The molecule has 0 saturated heterocycles. The molecule has 2 aromatic carbocycles. The number of hydrogen-bond donors (Lipinski definition) is 0. The van der Waals surface area contributed by atoms with Crippen molar-refractivity contribution in [2.45, 2.75) is 28.0 Å². The second-order valence-electron chi connectivity index (χ2n) is 6.84. The zero-order valence-corrected chi connectivity index (χ0v) is 17.8. The highest BCUT2D eigenvalue weighted by Crippen LogP contribution is 2.41. The minimum Gasteiger partial charge on any atom is -0.469 e. The minimum absolute atomic E-state index is 0.0739. The number of carbonyl (C=O) groups excluding carboxylic acids is 2. The zero-order chi connectivity index (χ0) is 21.8. The second-order valence-corrected chi connectivity index (χ2v) is 9.72. The number of alkyl halides is 1. The fourth-order valence-corrected chi connectivity index (χ4v) is 5.30. The van der Waals surface area contributed by atoms with E-state index in [2.05, 4.69) is 0 Å². The van der Waals surface area contributed by atoms with Crippen LogP contribution in [0.2, 0.25) is 0 Å². The zero-order valence-electron chi connectivity index (χ0n) is 16.2. The Morgan fingerprint density at radius 3 is 2.23 bits per heavy atom. The molecule has 30 heavy (non-hydrogen) atoms. The number of halogens is 1. The summed E-state index contributed by atoms with van der Waals surface area (Å²) in [6.45, 7) is 0. The van der Waals surface area contributed by atoms with E-state index in [-0.39, 0.29) is 16.9 Å². The Hall–Kier alpha value is -2.64. The maximum atomic E-state index is 13.4. The molecule has 0 amide bonds. The summed E-state index contributed by atoms with van der Waals surface area (Å²) < 4.78 is 34.6. The van der Waals surface area contributed by atoms with Gasteiger partial charge in [0, 0.05) is 6.42 Å². The molecule has 2 aromatic rings.